The summed E-state index contributed by atoms with van der Waals surface area (Å²) in [5.74, 6) is -1.91. The Bertz CT molecular complexity index is 1500. The van der Waals surface area contributed by atoms with Gasteiger partial charge in [0, 0.05) is 16.9 Å². The second-order valence-electron chi connectivity index (χ2n) is 7.50. The van der Waals surface area contributed by atoms with E-state index in [4.69, 9.17) is 0 Å². The number of halogens is 4. The van der Waals surface area contributed by atoms with Crippen molar-refractivity contribution in [3.05, 3.63) is 100 Å². The molecule has 1 aromatic heterocycles. The Morgan fingerprint density at radius 2 is 1.63 bits per heavy atom. The maximum Gasteiger partial charge on any atom is 0.416 e. The Kier molecular flexibility index (Phi) is 6.32. The first-order valence-corrected chi connectivity index (χ1v) is 10.1. The molecule has 0 unspecified atom stereocenters. The molecule has 0 spiro atoms. The van der Waals surface area contributed by atoms with Gasteiger partial charge in [-0.25, -0.2) is 9.37 Å². The number of rotatable bonds is 5. The van der Waals surface area contributed by atoms with Gasteiger partial charge in [0.25, 0.3) is 11.5 Å². The summed E-state index contributed by atoms with van der Waals surface area (Å²) in [7, 11) is 0. The van der Waals surface area contributed by atoms with E-state index >= 15 is 0 Å². The number of fused-ring (bicyclic) bond motifs is 1. The summed E-state index contributed by atoms with van der Waals surface area (Å²) in [5, 5.41) is 4.94. The van der Waals surface area contributed by atoms with E-state index in [0.29, 0.717) is 0 Å². The topological polar surface area (TPSA) is 93.1 Å². The number of amides is 2. The number of nitrogens with one attached hydrogen (secondary N) is 2. The summed E-state index contributed by atoms with van der Waals surface area (Å²) >= 11 is 0. The third-order valence-electron chi connectivity index (χ3n) is 4.96. The number of benzene rings is 3. The molecule has 4 rings (SSSR count). The highest BCUT2D eigenvalue weighted by Gasteiger charge is 2.30. The van der Waals surface area contributed by atoms with E-state index < -0.39 is 41.5 Å². The minimum Gasteiger partial charge on any atom is -0.325 e. The van der Waals surface area contributed by atoms with Crippen LogP contribution in [0.1, 0.15) is 15.9 Å². The molecule has 35 heavy (non-hydrogen) atoms. The Hall–Kier alpha value is -4.54. The number of carbonyl (C=O) groups is 2. The minimum atomic E-state index is -4.55. The summed E-state index contributed by atoms with van der Waals surface area (Å²) in [5.41, 5.74) is -0.956. The summed E-state index contributed by atoms with van der Waals surface area (Å²) in [6.45, 7) is -0.418. The standard InChI is InChI=1S/C24H16F4N4O3/c25-16-7-8-20-19(11-16)23(35)32(13-29-20)12-21(33)30-17-5-1-3-14(9-17)22(34)31-18-6-2-4-15(10-18)24(26,27)28/h1-11,13H,12H2,(H,30,33)(H,31,34). The zero-order valence-electron chi connectivity index (χ0n) is 17.8. The van der Waals surface area contributed by atoms with E-state index in [1.54, 1.807) is 0 Å². The fourth-order valence-electron chi connectivity index (χ4n) is 3.31. The van der Waals surface area contributed by atoms with E-state index in [0.717, 1.165) is 22.8 Å². The number of nitrogens with zero attached hydrogens (tertiary/aromatic N) is 2. The lowest BCUT2D eigenvalue weighted by Crippen LogP contribution is -2.28. The molecule has 2 N–H and O–H groups in total. The smallest absolute Gasteiger partial charge is 0.325 e. The summed E-state index contributed by atoms with van der Waals surface area (Å²) in [6, 6.07) is 13.5. The molecule has 0 saturated carbocycles. The maximum atomic E-state index is 13.5. The van der Waals surface area contributed by atoms with Crippen LogP contribution in [-0.4, -0.2) is 21.4 Å². The molecule has 0 aliphatic carbocycles. The third-order valence-corrected chi connectivity index (χ3v) is 4.96. The lowest BCUT2D eigenvalue weighted by molar-refractivity contribution is -0.137. The number of hydrogen-bond donors (Lipinski definition) is 2. The van der Waals surface area contributed by atoms with Gasteiger partial charge in [0.2, 0.25) is 5.91 Å². The number of alkyl halides is 3. The van der Waals surface area contributed by atoms with Crippen molar-refractivity contribution < 1.29 is 27.2 Å². The Morgan fingerprint density at radius 3 is 2.37 bits per heavy atom. The molecule has 0 saturated heterocycles. The molecule has 1 heterocycles. The SMILES string of the molecule is O=C(Cn1cnc2ccc(F)cc2c1=O)Nc1cccc(C(=O)Nc2cccc(C(F)(F)F)c2)c1. The molecular formula is C24H16F4N4O3. The average Bonchev–Trinajstić information content (AvgIpc) is 2.81. The van der Waals surface area contributed by atoms with Gasteiger partial charge in [0.1, 0.15) is 12.4 Å². The van der Waals surface area contributed by atoms with Gasteiger partial charge in [-0.1, -0.05) is 12.1 Å². The van der Waals surface area contributed by atoms with Crippen molar-refractivity contribution in [1.82, 2.24) is 9.55 Å². The lowest BCUT2D eigenvalue weighted by Gasteiger charge is -2.11. The van der Waals surface area contributed by atoms with Crippen molar-refractivity contribution in [2.24, 2.45) is 0 Å². The first-order valence-electron chi connectivity index (χ1n) is 10.1. The van der Waals surface area contributed by atoms with Crippen LogP contribution in [0.2, 0.25) is 0 Å². The van der Waals surface area contributed by atoms with Gasteiger partial charge in [0.15, 0.2) is 0 Å². The van der Waals surface area contributed by atoms with Crippen LogP contribution in [0, 0.1) is 5.82 Å². The van der Waals surface area contributed by atoms with Gasteiger partial charge in [-0.05, 0) is 54.6 Å². The zero-order chi connectivity index (χ0) is 25.2. The van der Waals surface area contributed by atoms with Crippen LogP contribution in [0.4, 0.5) is 28.9 Å². The fourth-order valence-corrected chi connectivity index (χ4v) is 3.31. The van der Waals surface area contributed by atoms with Gasteiger partial charge in [-0.3, -0.25) is 19.0 Å². The van der Waals surface area contributed by atoms with Gasteiger partial charge >= 0.3 is 6.18 Å². The van der Waals surface area contributed by atoms with Crippen LogP contribution in [0.25, 0.3) is 10.9 Å². The molecule has 178 valence electrons. The molecule has 0 radical (unpaired) electrons. The first-order chi connectivity index (χ1) is 16.6. The molecule has 3 aromatic carbocycles. The predicted octanol–water partition coefficient (Wildman–Crippen LogP) is 4.45. The van der Waals surface area contributed by atoms with Crippen molar-refractivity contribution in [3.8, 4) is 0 Å². The zero-order valence-corrected chi connectivity index (χ0v) is 17.8. The lowest BCUT2D eigenvalue weighted by atomic mass is 10.1. The highest BCUT2D eigenvalue weighted by molar-refractivity contribution is 6.05. The van der Waals surface area contributed by atoms with Crippen molar-refractivity contribution >= 4 is 34.1 Å². The molecule has 0 bridgehead atoms. The summed E-state index contributed by atoms with van der Waals surface area (Å²) in [4.78, 5) is 41.5. The second kappa shape index (κ2) is 9.37. The molecule has 2 amide bonds. The van der Waals surface area contributed by atoms with Crippen LogP contribution in [-0.2, 0) is 17.5 Å². The number of carbonyl (C=O) groups excluding carboxylic acids is 2. The molecule has 0 aliphatic heterocycles. The molecule has 0 atom stereocenters. The van der Waals surface area contributed by atoms with E-state index in [9.17, 15) is 31.9 Å². The van der Waals surface area contributed by atoms with E-state index in [-0.39, 0.29) is 27.8 Å². The van der Waals surface area contributed by atoms with Crippen LogP contribution < -0.4 is 16.2 Å². The van der Waals surface area contributed by atoms with E-state index in [1.807, 2.05) is 0 Å². The van der Waals surface area contributed by atoms with Crippen LogP contribution in [0.15, 0.2) is 77.9 Å². The predicted molar refractivity (Wildman–Crippen MR) is 120 cm³/mol. The van der Waals surface area contributed by atoms with Crippen LogP contribution >= 0.6 is 0 Å². The van der Waals surface area contributed by atoms with Crippen molar-refractivity contribution in [3.63, 3.8) is 0 Å². The Morgan fingerprint density at radius 1 is 0.914 bits per heavy atom. The highest BCUT2D eigenvalue weighted by atomic mass is 19.4. The second-order valence-corrected chi connectivity index (χ2v) is 7.50. The molecule has 11 heteroatoms. The van der Waals surface area contributed by atoms with Crippen LogP contribution in [0.5, 0.6) is 0 Å². The maximum absolute atomic E-state index is 13.5. The molecule has 4 aromatic rings. The van der Waals surface area contributed by atoms with E-state index in [2.05, 4.69) is 15.6 Å². The van der Waals surface area contributed by atoms with Gasteiger partial charge in [-0.15, -0.1) is 0 Å². The molecular weight excluding hydrogens is 468 g/mol. The Balaban J connectivity index is 1.46. The monoisotopic (exact) mass is 484 g/mol. The minimum absolute atomic E-state index is 0.0218. The third kappa shape index (κ3) is 5.52. The average molecular weight is 484 g/mol. The van der Waals surface area contributed by atoms with Crippen LogP contribution in [0.3, 0.4) is 0 Å². The quantitative estimate of drug-likeness (QED) is 0.410. The van der Waals surface area contributed by atoms with Crippen molar-refractivity contribution in [1.29, 1.82) is 0 Å². The molecule has 0 fully saturated rings. The van der Waals surface area contributed by atoms with Gasteiger partial charge in [0.05, 0.1) is 22.8 Å². The normalized spacial score (nSPS) is 11.3. The molecule has 0 aliphatic rings. The van der Waals surface area contributed by atoms with E-state index in [1.165, 1.54) is 54.9 Å². The number of anilines is 2. The number of aromatic nitrogens is 2. The van der Waals surface area contributed by atoms with Gasteiger partial charge in [-0.2, -0.15) is 13.2 Å². The summed E-state index contributed by atoms with van der Waals surface area (Å²) in [6.07, 6.45) is -3.39. The fraction of sp³-hybridized carbons (Fsp3) is 0.0833. The first kappa shape index (κ1) is 23.6. The molecule has 7 nitrogen and oxygen atoms in total. The summed E-state index contributed by atoms with van der Waals surface area (Å²) < 4.78 is 53.1. The van der Waals surface area contributed by atoms with Crippen molar-refractivity contribution in [2.75, 3.05) is 10.6 Å². The highest BCUT2D eigenvalue weighted by Crippen LogP contribution is 2.30. The largest absolute Gasteiger partial charge is 0.416 e. The van der Waals surface area contributed by atoms with Crippen molar-refractivity contribution in [2.45, 2.75) is 12.7 Å². The number of hydrogen-bond acceptors (Lipinski definition) is 4. The Labute approximate surface area is 195 Å². The van der Waals surface area contributed by atoms with Gasteiger partial charge < -0.3 is 10.6 Å².